The summed E-state index contributed by atoms with van der Waals surface area (Å²) < 4.78 is 0.153. The van der Waals surface area contributed by atoms with E-state index in [0.29, 0.717) is 23.7 Å². The molecule has 0 saturated heterocycles. The molecule has 0 amide bonds. The first-order chi connectivity index (χ1) is 24.8. The summed E-state index contributed by atoms with van der Waals surface area (Å²) in [6.07, 6.45) is 9.51. The van der Waals surface area contributed by atoms with Crippen LogP contribution in [0.4, 0.5) is 0 Å². The van der Waals surface area contributed by atoms with E-state index in [1.807, 2.05) is 0 Å². The molecule has 0 aromatic heterocycles. The molecule has 275 valence electrons. The van der Waals surface area contributed by atoms with Crippen molar-refractivity contribution < 1.29 is 15.6 Å². The fraction of sp³-hybridized carbons (Fsp3) is 0.417. The number of rotatable bonds is 13. The molecule has 0 radical (unpaired) electrons. The molecule has 4 aromatic rings. The van der Waals surface area contributed by atoms with Crippen molar-refractivity contribution in [1.29, 1.82) is 0 Å². The predicted octanol–water partition coefficient (Wildman–Crippen LogP) is 15.7. The van der Waals surface area contributed by atoms with Gasteiger partial charge in [-0.15, -0.1) is 0 Å². The summed E-state index contributed by atoms with van der Waals surface area (Å²) >= 11 is -5.02. The number of halogens is 2. The van der Waals surface area contributed by atoms with Crippen molar-refractivity contribution in [2.75, 3.05) is 0 Å². The van der Waals surface area contributed by atoms with Gasteiger partial charge in [0.05, 0.1) is 0 Å². The average molecular weight is 828 g/mol. The molecule has 0 spiro atoms. The Morgan fingerprint density at radius 3 is 1.17 bits per heavy atom. The van der Waals surface area contributed by atoms with Gasteiger partial charge in [-0.3, -0.25) is 0 Å². The summed E-state index contributed by atoms with van der Waals surface area (Å²) in [5.41, 5.74) is 16.8. The van der Waals surface area contributed by atoms with Gasteiger partial charge < -0.3 is 0 Å². The van der Waals surface area contributed by atoms with Gasteiger partial charge in [0, 0.05) is 0 Å². The number of benzene rings is 4. The van der Waals surface area contributed by atoms with Crippen LogP contribution in [-0.2, 0) is 15.6 Å². The van der Waals surface area contributed by atoms with E-state index in [9.17, 15) is 0 Å². The van der Waals surface area contributed by atoms with E-state index in [0.717, 1.165) is 25.7 Å². The Bertz CT molecular complexity index is 1840. The second-order valence-corrected chi connectivity index (χ2v) is 59.1. The normalized spacial score (nSPS) is 20.0. The Morgan fingerprint density at radius 2 is 0.865 bits per heavy atom. The molecule has 0 bridgehead atoms. The van der Waals surface area contributed by atoms with E-state index in [1.54, 1.807) is 0 Å². The van der Waals surface area contributed by atoms with Crippen LogP contribution in [0.2, 0.25) is 13.1 Å². The molecular formula is C48H61Cl2SiZr. The van der Waals surface area contributed by atoms with E-state index >= 15 is 0 Å². The molecule has 2 aliphatic carbocycles. The summed E-state index contributed by atoms with van der Waals surface area (Å²) in [6.45, 7) is 23.9. The van der Waals surface area contributed by atoms with Crippen LogP contribution in [0.15, 0.2) is 96.1 Å². The zero-order valence-electron chi connectivity index (χ0n) is 33.4. The average Bonchev–Trinajstić information content (AvgIpc) is 3.77. The quantitative estimate of drug-likeness (QED) is 0.118. The standard InChI is InChI=1S/2C23H27.C2H7Si.2ClH.Zr/c2*1-5-16(3)20-14-19-12-13-21(17(4)6-2)23(22(19)15-20)18-10-8-7-9-11-18;1-3-2;;;/h2*7-17H,5-6H2,1-4H3;3H,1-2H3;2*1H;/q;;;;;+2/p-2. The molecule has 6 unspecified atom stereocenters. The topological polar surface area (TPSA) is 0 Å². The molecule has 0 N–H and O–H groups in total. The van der Waals surface area contributed by atoms with Crippen LogP contribution in [-0.4, -0.2) is 5.92 Å². The maximum absolute atomic E-state index is 9.00. The summed E-state index contributed by atoms with van der Waals surface area (Å²) in [7, 11) is 18.0. The van der Waals surface area contributed by atoms with Crippen molar-refractivity contribution in [1.82, 2.24) is 0 Å². The predicted molar refractivity (Wildman–Crippen MR) is 232 cm³/mol. The second-order valence-electron chi connectivity index (χ2n) is 16.6. The van der Waals surface area contributed by atoms with E-state index in [1.165, 1.54) is 66.8 Å². The Kier molecular flexibility index (Phi) is 12.0. The molecule has 0 fully saturated rings. The van der Waals surface area contributed by atoms with Gasteiger partial charge in [-0.25, -0.2) is 0 Å². The molecule has 4 heteroatoms. The van der Waals surface area contributed by atoms with Gasteiger partial charge in [0.2, 0.25) is 0 Å². The van der Waals surface area contributed by atoms with Gasteiger partial charge in [0.1, 0.15) is 0 Å². The summed E-state index contributed by atoms with van der Waals surface area (Å²) in [5, 5.41) is 0. The minimum absolute atomic E-state index is 0.0765. The Balaban J connectivity index is 1.70. The van der Waals surface area contributed by atoms with Crippen LogP contribution in [0.5, 0.6) is 0 Å². The SMILES string of the molecule is CCC(C)C1=Cc2c(ccc(C(C)CC)c2-c2ccccc2)[CH]1[Zr]([Cl])([Cl])([CH]1C(C(C)CC)=Cc2c1ccc(C(C)CC)c2-c1ccccc1)[SiH](C)C. The maximum atomic E-state index is 9.00. The van der Waals surface area contributed by atoms with Crippen LogP contribution < -0.4 is 0 Å². The van der Waals surface area contributed by atoms with Crippen molar-refractivity contribution >= 4 is 35.1 Å². The molecule has 0 saturated carbocycles. The molecule has 6 rings (SSSR count). The minimum atomic E-state index is -5.02. The van der Waals surface area contributed by atoms with E-state index in [-0.39, 0.29) is 7.25 Å². The van der Waals surface area contributed by atoms with Gasteiger partial charge >= 0.3 is 327 Å². The Labute approximate surface area is 324 Å². The van der Waals surface area contributed by atoms with Crippen molar-refractivity contribution in [3.8, 4) is 22.3 Å². The fourth-order valence-corrected chi connectivity index (χ4v) is 40.7. The van der Waals surface area contributed by atoms with Crippen LogP contribution >= 0.6 is 17.0 Å². The van der Waals surface area contributed by atoms with Gasteiger partial charge in [0.25, 0.3) is 0 Å². The molecule has 0 aliphatic heterocycles. The molecule has 6 atom stereocenters. The van der Waals surface area contributed by atoms with E-state index in [4.69, 9.17) is 17.0 Å². The number of fused-ring (bicyclic) bond motifs is 2. The van der Waals surface area contributed by atoms with Crippen LogP contribution in [0, 0.1) is 11.8 Å². The zero-order valence-corrected chi connectivity index (χ0v) is 38.5. The van der Waals surface area contributed by atoms with Crippen LogP contribution in [0.3, 0.4) is 0 Å². The van der Waals surface area contributed by atoms with E-state index < -0.39 is 21.5 Å². The Morgan fingerprint density at radius 1 is 0.519 bits per heavy atom. The summed E-state index contributed by atoms with van der Waals surface area (Å²) in [4.78, 5) is 0. The summed E-state index contributed by atoms with van der Waals surface area (Å²) in [6, 6.07) is 32.0. The Hall–Kier alpha value is -1.96. The first-order valence-electron chi connectivity index (χ1n) is 20.3. The molecular weight excluding hydrogens is 767 g/mol. The molecule has 2 aliphatic rings. The van der Waals surface area contributed by atoms with Gasteiger partial charge in [-0.2, -0.15) is 0 Å². The molecule has 52 heavy (non-hydrogen) atoms. The van der Waals surface area contributed by atoms with Gasteiger partial charge in [-0.05, 0) is 0 Å². The molecule has 0 nitrogen and oxygen atoms in total. The van der Waals surface area contributed by atoms with Crippen molar-refractivity contribution in [3.63, 3.8) is 0 Å². The van der Waals surface area contributed by atoms with Crippen LogP contribution in [0.1, 0.15) is 134 Å². The van der Waals surface area contributed by atoms with Crippen LogP contribution in [0.25, 0.3) is 34.4 Å². The van der Waals surface area contributed by atoms with Gasteiger partial charge in [0.15, 0.2) is 0 Å². The monoisotopic (exact) mass is 825 g/mol. The zero-order chi connectivity index (χ0) is 37.6. The summed E-state index contributed by atoms with van der Waals surface area (Å²) in [5.74, 6) is -0.0465. The number of allylic oxidation sites excluding steroid dienone is 2. The number of hydrogen-bond acceptors (Lipinski definition) is 0. The third-order valence-corrected chi connectivity index (χ3v) is 65.2. The van der Waals surface area contributed by atoms with Crippen molar-refractivity contribution in [3.05, 3.63) is 129 Å². The fourth-order valence-electron chi connectivity index (χ4n) is 9.48. The van der Waals surface area contributed by atoms with Crippen molar-refractivity contribution in [2.24, 2.45) is 11.8 Å². The van der Waals surface area contributed by atoms with Gasteiger partial charge in [-0.1, -0.05) is 0 Å². The van der Waals surface area contributed by atoms with Crippen molar-refractivity contribution in [2.45, 2.75) is 113 Å². The third-order valence-electron chi connectivity index (χ3n) is 13.5. The molecule has 4 aromatic carbocycles. The number of hydrogen-bond donors (Lipinski definition) is 0. The van der Waals surface area contributed by atoms with E-state index in [2.05, 4.69) is 166 Å². The third kappa shape index (κ3) is 6.48. The second kappa shape index (κ2) is 15.6. The molecule has 0 heterocycles. The first-order valence-corrected chi connectivity index (χ1v) is 36.6. The first kappa shape index (κ1) is 39.7.